The summed E-state index contributed by atoms with van der Waals surface area (Å²) in [6.07, 6.45) is 1.03. The minimum atomic E-state index is -0.940. The third kappa shape index (κ3) is 4.50. The van der Waals surface area contributed by atoms with Crippen LogP contribution in [-0.2, 0) is 14.3 Å². The summed E-state index contributed by atoms with van der Waals surface area (Å²) in [5.74, 6) is -1.85. The van der Waals surface area contributed by atoms with Crippen LogP contribution in [0.1, 0.15) is 6.92 Å². The van der Waals surface area contributed by atoms with Crippen molar-refractivity contribution >= 4 is 5.97 Å². The summed E-state index contributed by atoms with van der Waals surface area (Å²) in [6.45, 7) is 1.86. The highest BCUT2D eigenvalue weighted by Crippen LogP contribution is 1.98. The van der Waals surface area contributed by atoms with Crippen LogP contribution in [0, 0.1) is 0 Å². The number of carbonyl (C=O) groups excluding carboxylic acids is 1. The zero-order valence-electron chi connectivity index (χ0n) is 6.59. The molecule has 0 radical (unpaired) electrons. The largest absolute Gasteiger partial charge is 0.461 e. The van der Waals surface area contributed by atoms with Gasteiger partial charge in [0.25, 0.3) is 0 Å². The second kappa shape index (κ2) is 5.85. The van der Waals surface area contributed by atoms with Crippen LogP contribution in [0.25, 0.3) is 0 Å². The maximum Gasteiger partial charge on any atom is 0.366 e. The molecule has 0 aliphatic rings. The molecule has 0 aromatic rings. The first kappa shape index (κ1) is 10.1. The van der Waals surface area contributed by atoms with Crippen LogP contribution in [0.2, 0.25) is 0 Å². The molecule has 0 amide bonds. The Morgan fingerprint density at radius 2 is 2.27 bits per heavy atom. The number of hydrogen-bond acceptors (Lipinski definition) is 3. The van der Waals surface area contributed by atoms with Gasteiger partial charge in [-0.05, 0) is 13.0 Å². The lowest BCUT2D eigenvalue weighted by molar-refractivity contribution is -0.140. The molecule has 3 nitrogen and oxygen atoms in total. The van der Waals surface area contributed by atoms with E-state index in [9.17, 15) is 9.18 Å². The van der Waals surface area contributed by atoms with Crippen molar-refractivity contribution in [3.05, 3.63) is 11.9 Å². The van der Waals surface area contributed by atoms with Gasteiger partial charge in [-0.25, -0.2) is 4.79 Å². The molecule has 0 atom stereocenters. The predicted molar refractivity (Wildman–Crippen MR) is 37.7 cm³/mol. The quantitative estimate of drug-likeness (QED) is 0.458. The molecule has 0 bridgehead atoms. The van der Waals surface area contributed by atoms with E-state index in [1.165, 1.54) is 7.11 Å². The molecule has 0 aromatic heterocycles. The van der Waals surface area contributed by atoms with Crippen molar-refractivity contribution in [3.63, 3.8) is 0 Å². The van der Waals surface area contributed by atoms with Crippen LogP contribution in [-0.4, -0.2) is 26.3 Å². The monoisotopic (exact) mass is 162 g/mol. The Hall–Kier alpha value is -0.900. The van der Waals surface area contributed by atoms with Gasteiger partial charge in [0.05, 0.1) is 13.2 Å². The third-order valence-electron chi connectivity index (χ3n) is 0.900. The number of halogens is 1. The minimum absolute atomic E-state index is 0.0741. The zero-order valence-corrected chi connectivity index (χ0v) is 6.59. The molecular formula is C7H11FO3. The van der Waals surface area contributed by atoms with Gasteiger partial charge in [0.15, 0.2) is 0 Å². The lowest BCUT2D eigenvalue weighted by atomic mass is 10.5. The molecule has 64 valence electrons. The molecule has 0 aliphatic heterocycles. The van der Waals surface area contributed by atoms with E-state index in [0.29, 0.717) is 0 Å². The van der Waals surface area contributed by atoms with E-state index >= 15 is 0 Å². The fourth-order valence-electron chi connectivity index (χ4n) is 0.440. The Morgan fingerprint density at radius 3 is 2.73 bits per heavy atom. The Bertz CT molecular complexity index is 154. The SMILES string of the molecule is CCOC(=O)/C(F)=C/COC. The van der Waals surface area contributed by atoms with E-state index < -0.39 is 11.8 Å². The molecule has 0 saturated heterocycles. The van der Waals surface area contributed by atoms with Gasteiger partial charge in [-0.2, -0.15) is 4.39 Å². The van der Waals surface area contributed by atoms with Crippen LogP contribution in [0.5, 0.6) is 0 Å². The Balaban J connectivity index is 3.80. The van der Waals surface area contributed by atoms with Crippen molar-refractivity contribution in [3.8, 4) is 0 Å². The van der Waals surface area contributed by atoms with Crippen LogP contribution in [0.3, 0.4) is 0 Å². The molecule has 4 heteroatoms. The number of esters is 1. The van der Waals surface area contributed by atoms with Crippen LogP contribution < -0.4 is 0 Å². The van der Waals surface area contributed by atoms with Crippen molar-refractivity contribution in [2.75, 3.05) is 20.3 Å². The van der Waals surface area contributed by atoms with Crippen molar-refractivity contribution in [2.24, 2.45) is 0 Å². The van der Waals surface area contributed by atoms with E-state index in [4.69, 9.17) is 0 Å². The van der Waals surface area contributed by atoms with E-state index in [2.05, 4.69) is 9.47 Å². The van der Waals surface area contributed by atoms with Crippen molar-refractivity contribution in [1.29, 1.82) is 0 Å². The zero-order chi connectivity index (χ0) is 8.69. The molecule has 0 spiro atoms. The average Bonchev–Trinajstić information content (AvgIpc) is 2.00. The highest BCUT2D eigenvalue weighted by Gasteiger charge is 2.07. The molecule has 0 N–H and O–H groups in total. The van der Waals surface area contributed by atoms with E-state index in [-0.39, 0.29) is 13.2 Å². The summed E-state index contributed by atoms with van der Waals surface area (Å²) in [7, 11) is 1.41. The molecule has 0 saturated carbocycles. The molecule has 11 heavy (non-hydrogen) atoms. The Morgan fingerprint density at radius 1 is 1.64 bits per heavy atom. The van der Waals surface area contributed by atoms with E-state index in [1.54, 1.807) is 6.92 Å². The standard InChI is InChI=1S/C7H11FO3/c1-3-11-7(9)6(8)4-5-10-2/h4H,3,5H2,1-2H3/b6-4-. The fourth-order valence-corrected chi connectivity index (χ4v) is 0.440. The van der Waals surface area contributed by atoms with Crippen molar-refractivity contribution in [2.45, 2.75) is 6.92 Å². The van der Waals surface area contributed by atoms with Crippen LogP contribution in [0.4, 0.5) is 4.39 Å². The normalized spacial score (nSPS) is 11.4. The third-order valence-corrected chi connectivity index (χ3v) is 0.900. The van der Waals surface area contributed by atoms with Crippen LogP contribution >= 0.6 is 0 Å². The molecule has 0 fully saturated rings. The molecular weight excluding hydrogens is 151 g/mol. The molecule has 0 aliphatic carbocycles. The number of carbonyl (C=O) groups is 1. The van der Waals surface area contributed by atoms with Gasteiger partial charge in [0.2, 0.25) is 5.83 Å². The summed E-state index contributed by atoms with van der Waals surface area (Å²) < 4.78 is 21.4. The second-order valence-corrected chi connectivity index (χ2v) is 1.73. The lowest BCUT2D eigenvalue weighted by Crippen LogP contribution is -2.04. The highest BCUT2D eigenvalue weighted by atomic mass is 19.1. The summed E-state index contributed by atoms with van der Waals surface area (Å²) in [5.41, 5.74) is 0. The van der Waals surface area contributed by atoms with Gasteiger partial charge in [-0.15, -0.1) is 0 Å². The first-order valence-corrected chi connectivity index (χ1v) is 3.24. The lowest BCUT2D eigenvalue weighted by Gasteiger charge is -1.97. The van der Waals surface area contributed by atoms with E-state index in [1.807, 2.05) is 0 Å². The number of hydrogen-bond donors (Lipinski definition) is 0. The Kier molecular flexibility index (Phi) is 5.37. The van der Waals surface area contributed by atoms with E-state index in [0.717, 1.165) is 6.08 Å². The van der Waals surface area contributed by atoms with Gasteiger partial charge < -0.3 is 9.47 Å². The van der Waals surface area contributed by atoms with Gasteiger partial charge >= 0.3 is 5.97 Å². The smallest absolute Gasteiger partial charge is 0.366 e. The summed E-state index contributed by atoms with van der Waals surface area (Å²) in [4.78, 5) is 10.5. The molecule has 0 heterocycles. The van der Waals surface area contributed by atoms with Gasteiger partial charge in [-0.3, -0.25) is 0 Å². The van der Waals surface area contributed by atoms with Gasteiger partial charge in [-0.1, -0.05) is 0 Å². The predicted octanol–water partition coefficient (Wildman–Crippen LogP) is 1.05. The maximum absolute atomic E-state index is 12.5. The van der Waals surface area contributed by atoms with Gasteiger partial charge in [0, 0.05) is 7.11 Å². The topological polar surface area (TPSA) is 35.5 Å². The first-order chi connectivity index (χ1) is 5.22. The number of methoxy groups -OCH3 is 1. The molecule has 0 unspecified atom stereocenters. The van der Waals surface area contributed by atoms with Gasteiger partial charge in [0.1, 0.15) is 0 Å². The molecule has 0 aromatic carbocycles. The summed E-state index contributed by atoms with van der Waals surface area (Å²) in [6, 6.07) is 0. The Labute approximate surface area is 64.8 Å². The summed E-state index contributed by atoms with van der Waals surface area (Å²) >= 11 is 0. The number of ether oxygens (including phenoxy) is 2. The van der Waals surface area contributed by atoms with Crippen molar-refractivity contribution < 1.29 is 18.7 Å². The fraction of sp³-hybridized carbons (Fsp3) is 0.571. The minimum Gasteiger partial charge on any atom is -0.461 e. The molecule has 0 rings (SSSR count). The summed E-state index contributed by atoms with van der Waals surface area (Å²) in [5, 5.41) is 0. The average molecular weight is 162 g/mol. The van der Waals surface area contributed by atoms with Crippen LogP contribution in [0.15, 0.2) is 11.9 Å². The maximum atomic E-state index is 12.5. The second-order valence-electron chi connectivity index (χ2n) is 1.73. The van der Waals surface area contributed by atoms with Crippen molar-refractivity contribution in [1.82, 2.24) is 0 Å². The number of rotatable bonds is 4. The highest BCUT2D eigenvalue weighted by molar-refractivity contribution is 5.85. The first-order valence-electron chi connectivity index (χ1n) is 3.24.